The number of methoxy groups -OCH3 is 3. The minimum Gasteiger partial charge on any atom is -0.493 e. The molecule has 2 aromatic carbocycles. The second kappa shape index (κ2) is 9.35. The van der Waals surface area contributed by atoms with Crippen LogP contribution in [-0.4, -0.2) is 44.7 Å². The lowest BCUT2D eigenvalue weighted by Gasteiger charge is -2.13. The number of nitrogens with zero attached hydrogens (tertiary/aromatic N) is 1. The number of benzene rings is 2. The lowest BCUT2D eigenvalue weighted by molar-refractivity contribution is -0.384. The van der Waals surface area contributed by atoms with Gasteiger partial charge in [0.1, 0.15) is 5.82 Å². The fourth-order valence-electron chi connectivity index (χ4n) is 2.32. The van der Waals surface area contributed by atoms with Gasteiger partial charge in [0.05, 0.1) is 37.5 Å². The Morgan fingerprint density at radius 3 is 2.21 bits per heavy atom. The van der Waals surface area contributed by atoms with Crippen molar-refractivity contribution in [2.45, 2.75) is 0 Å². The van der Waals surface area contributed by atoms with Crippen molar-refractivity contribution in [1.82, 2.24) is 0 Å². The lowest BCUT2D eigenvalue weighted by atomic mass is 10.2. The molecule has 2 rings (SSSR count). The first-order chi connectivity index (χ1) is 13.8. The molecule has 0 aliphatic carbocycles. The molecule has 29 heavy (non-hydrogen) atoms. The Labute approximate surface area is 164 Å². The molecular weight excluding hydrogens is 391 g/mol. The first-order valence-electron chi connectivity index (χ1n) is 8.01. The summed E-state index contributed by atoms with van der Waals surface area (Å²) in [6.45, 7) is -0.752. The summed E-state index contributed by atoms with van der Waals surface area (Å²) >= 11 is 0. The van der Waals surface area contributed by atoms with Crippen LogP contribution in [0.25, 0.3) is 0 Å². The first kappa shape index (κ1) is 21.4. The quantitative estimate of drug-likeness (QED) is 0.401. The van der Waals surface area contributed by atoms with Crippen molar-refractivity contribution >= 4 is 23.3 Å². The Balaban J connectivity index is 2.08. The molecule has 0 fully saturated rings. The Bertz CT molecular complexity index is 922. The molecule has 154 valence electrons. The number of hydrogen-bond donors (Lipinski definition) is 1. The molecule has 0 radical (unpaired) electrons. The van der Waals surface area contributed by atoms with E-state index < -0.39 is 40.6 Å². The SMILES string of the molecule is COc1cc(C(=O)OCC(=O)Nc2cc([N+](=O)[O-])ccc2F)cc(OC)c1OC. The molecule has 11 heteroatoms. The minimum absolute atomic E-state index is 0.0221. The average molecular weight is 408 g/mol. The number of non-ortho nitro benzene ring substituents is 1. The maximum Gasteiger partial charge on any atom is 0.338 e. The van der Waals surface area contributed by atoms with Gasteiger partial charge in [-0.2, -0.15) is 0 Å². The number of halogens is 1. The molecule has 2 aromatic rings. The largest absolute Gasteiger partial charge is 0.493 e. The van der Waals surface area contributed by atoms with E-state index in [1.165, 1.54) is 33.5 Å². The standard InChI is InChI=1S/C18H17FN2O8/c1-26-14-6-10(7-15(27-2)17(14)28-3)18(23)29-9-16(22)20-13-8-11(21(24)25)4-5-12(13)19/h4-8H,9H2,1-3H3,(H,20,22). The highest BCUT2D eigenvalue weighted by Crippen LogP contribution is 2.38. The summed E-state index contributed by atoms with van der Waals surface area (Å²) in [5.74, 6) is -1.95. The van der Waals surface area contributed by atoms with Crippen molar-refractivity contribution in [3.05, 3.63) is 51.8 Å². The molecule has 0 spiro atoms. The van der Waals surface area contributed by atoms with Crippen LogP contribution in [0.4, 0.5) is 15.8 Å². The topological polar surface area (TPSA) is 126 Å². The van der Waals surface area contributed by atoms with Crippen molar-refractivity contribution in [2.24, 2.45) is 0 Å². The predicted octanol–water partition coefficient (Wildman–Crippen LogP) is 2.56. The molecule has 1 amide bonds. The fourth-order valence-corrected chi connectivity index (χ4v) is 2.32. The second-order valence-corrected chi connectivity index (χ2v) is 5.46. The minimum atomic E-state index is -0.884. The zero-order chi connectivity index (χ0) is 21.6. The summed E-state index contributed by atoms with van der Waals surface area (Å²) in [6.07, 6.45) is 0. The maximum atomic E-state index is 13.7. The van der Waals surface area contributed by atoms with Gasteiger partial charge in [-0.25, -0.2) is 9.18 Å². The number of ether oxygens (including phenoxy) is 4. The van der Waals surface area contributed by atoms with Gasteiger partial charge in [0.2, 0.25) is 5.75 Å². The summed E-state index contributed by atoms with van der Waals surface area (Å²) in [5.41, 5.74) is -0.794. The van der Waals surface area contributed by atoms with Gasteiger partial charge in [0.15, 0.2) is 18.1 Å². The summed E-state index contributed by atoms with van der Waals surface area (Å²) in [6, 6.07) is 5.32. The van der Waals surface area contributed by atoms with E-state index in [0.29, 0.717) is 0 Å². The number of nitro benzene ring substituents is 1. The number of nitro groups is 1. The Hall–Kier alpha value is -3.89. The third kappa shape index (κ3) is 5.09. The first-order valence-corrected chi connectivity index (χ1v) is 8.01. The van der Waals surface area contributed by atoms with Gasteiger partial charge in [0.25, 0.3) is 11.6 Å². The van der Waals surface area contributed by atoms with Crippen molar-refractivity contribution in [1.29, 1.82) is 0 Å². The van der Waals surface area contributed by atoms with Gasteiger partial charge < -0.3 is 24.3 Å². The summed E-state index contributed by atoms with van der Waals surface area (Å²) in [7, 11) is 4.14. The third-order valence-corrected chi connectivity index (χ3v) is 3.67. The Morgan fingerprint density at radius 1 is 1.07 bits per heavy atom. The van der Waals surface area contributed by atoms with Crippen molar-refractivity contribution in [3.63, 3.8) is 0 Å². The average Bonchev–Trinajstić information content (AvgIpc) is 2.72. The Morgan fingerprint density at radius 2 is 1.69 bits per heavy atom. The molecule has 0 atom stereocenters. The molecule has 0 heterocycles. The van der Waals surface area contributed by atoms with Crippen LogP contribution in [0.3, 0.4) is 0 Å². The number of anilines is 1. The molecule has 0 saturated carbocycles. The monoisotopic (exact) mass is 408 g/mol. The predicted molar refractivity (Wildman–Crippen MR) is 98.1 cm³/mol. The van der Waals surface area contributed by atoms with E-state index in [2.05, 4.69) is 5.32 Å². The Kier molecular flexibility index (Phi) is 6.90. The molecule has 0 aliphatic heterocycles. The molecule has 0 saturated heterocycles. The van der Waals surface area contributed by atoms with Gasteiger partial charge in [-0.3, -0.25) is 14.9 Å². The van der Waals surface area contributed by atoms with E-state index >= 15 is 0 Å². The van der Waals surface area contributed by atoms with E-state index in [1.54, 1.807) is 0 Å². The number of esters is 1. The molecule has 10 nitrogen and oxygen atoms in total. The van der Waals surface area contributed by atoms with E-state index in [1.807, 2.05) is 0 Å². The maximum absolute atomic E-state index is 13.7. The zero-order valence-electron chi connectivity index (χ0n) is 15.7. The number of amides is 1. The smallest absolute Gasteiger partial charge is 0.338 e. The summed E-state index contributed by atoms with van der Waals surface area (Å²) in [4.78, 5) is 34.2. The molecule has 0 unspecified atom stereocenters. The van der Waals surface area contributed by atoms with Crippen LogP contribution in [-0.2, 0) is 9.53 Å². The second-order valence-electron chi connectivity index (χ2n) is 5.46. The summed E-state index contributed by atoms with van der Waals surface area (Å²) in [5, 5.41) is 12.9. The van der Waals surface area contributed by atoms with Gasteiger partial charge in [-0.1, -0.05) is 0 Å². The normalized spacial score (nSPS) is 10.1. The van der Waals surface area contributed by atoms with E-state index in [4.69, 9.17) is 18.9 Å². The van der Waals surface area contributed by atoms with Crippen molar-refractivity contribution < 1.29 is 37.9 Å². The number of hydrogen-bond acceptors (Lipinski definition) is 8. The highest BCUT2D eigenvalue weighted by molar-refractivity contribution is 5.96. The van der Waals surface area contributed by atoms with Crippen LogP contribution < -0.4 is 19.5 Å². The van der Waals surface area contributed by atoms with Crippen LogP contribution in [0.5, 0.6) is 17.2 Å². The fraction of sp³-hybridized carbons (Fsp3) is 0.222. The molecular formula is C18H17FN2O8. The van der Waals surface area contributed by atoms with Gasteiger partial charge in [-0.15, -0.1) is 0 Å². The van der Waals surface area contributed by atoms with Crippen LogP contribution in [0.1, 0.15) is 10.4 Å². The molecule has 1 N–H and O–H groups in total. The van der Waals surface area contributed by atoms with Crippen molar-refractivity contribution in [2.75, 3.05) is 33.3 Å². The third-order valence-electron chi connectivity index (χ3n) is 3.67. The highest BCUT2D eigenvalue weighted by atomic mass is 19.1. The van der Waals surface area contributed by atoms with E-state index in [9.17, 15) is 24.1 Å². The van der Waals surface area contributed by atoms with Gasteiger partial charge >= 0.3 is 5.97 Å². The van der Waals surface area contributed by atoms with Crippen molar-refractivity contribution in [3.8, 4) is 17.2 Å². The van der Waals surface area contributed by atoms with Gasteiger partial charge in [-0.05, 0) is 18.2 Å². The summed E-state index contributed by atoms with van der Waals surface area (Å²) < 4.78 is 34.0. The molecule has 0 bridgehead atoms. The number of carbonyl (C=O) groups is 2. The van der Waals surface area contributed by atoms with Crippen LogP contribution >= 0.6 is 0 Å². The van der Waals surface area contributed by atoms with Gasteiger partial charge in [0, 0.05) is 12.1 Å². The van der Waals surface area contributed by atoms with E-state index in [0.717, 1.165) is 18.2 Å². The number of rotatable bonds is 8. The molecule has 0 aliphatic rings. The van der Waals surface area contributed by atoms with E-state index in [-0.39, 0.29) is 22.8 Å². The lowest BCUT2D eigenvalue weighted by Crippen LogP contribution is -2.21. The van der Waals surface area contributed by atoms with Crippen LogP contribution in [0.15, 0.2) is 30.3 Å². The zero-order valence-corrected chi connectivity index (χ0v) is 15.7. The van der Waals surface area contributed by atoms with Crippen LogP contribution in [0, 0.1) is 15.9 Å². The number of carbonyl (C=O) groups excluding carboxylic acids is 2. The highest BCUT2D eigenvalue weighted by Gasteiger charge is 2.19. The van der Waals surface area contributed by atoms with Crippen LogP contribution in [0.2, 0.25) is 0 Å². The number of nitrogens with one attached hydrogen (secondary N) is 1. The molecule has 0 aromatic heterocycles.